The highest BCUT2D eigenvalue weighted by Gasteiger charge is 2.30. The van der Waals surface area contributed by atoms with Crippen molar-refractivity contribution in [1.29, 1.82) is 0 Å². The van der Waals surface area contributed by atoms with Crippen LogP contribution in [0.1, 0.15) is 23.3 Å². The molecule has 0 spiro atoms. The Morgan fingerprint density at radius 3 is 2.73 bits per heavy atom. The van der Waals surface area contributed by atoms with Crippen LogP contribution in [0.4, 0.5) is 0 Å². The van der Waals surface area contributed by atoms with Gasteiger partial charge in [0.15, 0.2) is 0 Å². The summed E-state index contributed by atoms with van der Waals surface area (Å²) in [6.45, 7) is 5.52. The van der Waals surface area contributed by atoms with Crippen LogP contribution >= 0.6 is 11.3 Å². The van der Waals surface area contributed by atoms with E-state index < -0.39 is 0 Å². The lowest BCUT2D eigenvalue weighted by molar-refractivity contribution is -0.133. The number of ether oxygens (including phenoxy) is 2. The number of nitrogens with zero attached hydrogens (tertiary/aromatic N) is 3. The second kappa shape index (κ2) is 10.7. The molecule has 0 saturated carbocycles. The third kappa shape index (κ3) is 5.98. The van der Waals surface area contributed by atoms with Crippen LogP contribution in [0.3, 0.4) is 0 Å². The van der Waals surface area contributed by atoms with Gasteiger partial charge in [-0.05, 0) is 54.0 Å². The molecule has 2 aliphatic heterocycles. The van der Waals surface area contributed by atoms with Crippen molar-refractivity contribution in [1.82, 2.24) is 14.8 Å². The topological polar surface area (TPSA) is 54.9 Å². The number of benzene rings is 1. The molecule has 5 rings (SSSR count). The van der Waals surface area contributed by atoms with Crippen LogP contribution < -0.4 is 0 Å². The standard InChI is InChI=1S/C26H31N3O3S/c30-26-18-28(17-24-13-22-3-1-2-4-25(22)33-24)15-23(32-19-21-5-9-27-10-6-21)16-29(26)14-20-7-11-31-12-8-20/h1-6,9-10,13,20,23H,7-8,11-12,14-19H2. The summed E-state index contributed by atoms with van der Waals surface area (Å²) in [5.74, 6) is 0.718. The molecule has 2 aromatic heterocycles. The molecule has 0 aliphatic carbocycles. The molecule has 0 N–H and O–H groups in total. The van der Waals surface area contributed by atoms with Crippen molar-refractivity contribution in [2.45, 2.75) is 32.1 Å². The third-order valence-corrected chi connectivity index (χ3v) is 7.61. The maximum absolute atomic E-state index is 13.3. The number of carbonyl (C=O) groups excluding carboxylic acids is 1. The Morgan fingerprint density at radius 2 is 1.91 bits per heavy atom. The van der Waals surface area contributed by atoms with E-state index in [4.69, 9.17) is 9.47 Å². The van der Waals surface area contributed by atoms with E-state index in [1.165, 1.54) is 15.0 Å². The van der Waals surface area contributed by atoms with Crippen LogP contribution in [0.15, 0.2) is 54.9 Å². The maximum atomic E-state index is 13.3. The Kier molecular flexibility index (Phi) is 7.31. The van der Waals surface area contributed by atoms with Crippen LogP contribution in [0.2, 0.25) is 0 Å². The second-order valence-electron chi connectivity index (χ2n) is 9.06. The molecule has 1 atom stereocenters. The van der Waals surface area contributed by atoms with E-state index in [1.54, 1.807) is 12.4 Å². The molecule has 2 fully saturated rings. The molecular weight excluding hydrogens is 434 g/mol. The Bertz CT molecular complexity index is 1020. The predicted octanol–water partition coefficient (Wildman–Crippen LogP) is 3.95. The first-order chi connectivity index (χ1) is 16.2. The van der Waals surface area contributed by atoms with Gasteiger partial charge in [-0.3, -0.25) is 14.7 Å². The Labute approximate surface area is 199 Å². The first-order valence-electron chi connectivity index (χ1n) is 11.8. The van der Waals surface area contributed by atoms with E-state index in [-0.39, 0.29) is 12.0 Å². The highest BCUT2D eigenvalue weighted by atomic mass is 32.1. The van der Waals surface area contributed by atoms with Gasteiger partial charge >= 0.3 is 0 Å². The van der Waals surface area contributed by atoms with Crippen molar-refractivity contribution in [3.05, 3.63) is 65.3 Å². The molecule has 3 aromatic rings. The predicted molar refractivity (Wildman–Crippen MR) is 130 cm³/mol. The minimum absolute atomic E-state index is 0.0289. The Balaban J connectivity index is 1.30. The lowest BCUT2D eigenvalue weighted by atomic mass is 9.99. The molecule has 6 nitrogen and oxygen atoms in total. The number of aromatic nitrogens is 1. The van der Waals surface area contributed by atoms with Crippen molar-refractivity contribution in [3.63, 3.8) is 0 Å². The maximum Gasteiger partial charge on any atom is 0.236 e. The largest absolute Gasteiger partial charge is 0.381 e. The molecule has 1 aromatic carbocycles. The van der Waals surface area contributed by atoms with E-state index >= 15 is 0 Å². The summed E-state index contributed by atoms with van der Waals surface area (Å²) >= 11 is 1.81. The number of amides is 1. The van der Waals surface area contributed by atoms with Crippen molar-refractivity contribution in [2.24, 2.45) is 5.92 Å². The zero-order valence-electron chi connectivity index (χ0n) is 18.9. The van der Waals surface area contributed by atoms with Gasteiger partial charge in [0.2, 0.25) is 5.91 Å². The highest BCUT2D eigenvalue weighted by Crippen LogP contribution is 2.27. The first kappa shape index (κ1) is 22.5. The number of carbonyl (C=O) groups is 1. The molecule has 4 heterocycles. The van der Waals surface area contributed by atoms with Gasteiger partial charge in [-0.25, -0.2) is 0 Å². The van der Waals surface area contributed by atoms with E-state index in [0.29, 0.717) is 25.6 Å². The normalized spacial score (nSPS) is 20.9. The van der Waals surface area contributed by atoms with Crippen LogP contribution in [-0.4, -0.2) is 66.2 Å². The molecule has 1 unspecified atom stereocenters. The minimum atomic E-state index is -0.0289. The van der Waals surface area contributed by atoms with Crippen molar-refractivity contribution >= 4 is 27.3 Å². The van der Waals surface area contributed by atoms with E-state index in [1.807, 2.05) is 28.4 Å². The SMILES string of the molecule is O=C1CN(Cc2cc3ccccc3s2)CC(OCc2ccncc2)CN1CC1CCOCC1. The fraction of sp³-hybridized carbons (Fsp3) is 0.462. The second-order valence-corrected chi connectivity index (χ2v) is 10.2. The Morgan fingerprint density at radius 1 is 1.09 bits per heavy atom. The van der Waals surface area contributed by atoms with Crippen LogP contribution in [-0.2, 0) is 27.4 Å². The van der Waals surface area contributed by atoms with Crippen molar-refractivity contribution in [3.8, 4) is 0 Å². The minimum Gasteiger partial charge on any atom is -0.381 e. The lowest BCUT2D eigenvalue weighted by Gasteiger charge is -2.30. The molecule has 174 valence electrons. The monoisotopic (exact) mass is 465 g/mol. The number of rotatable bonds is 7. The molecule has 33 heavy (non-hydrogen) atoms. The van der Waals surface area contributed by atoms with E-state index in [9.17, 15) is 4.79 Å². The number of hydrogen-bond donors (Lipinski definition) is 0. The van der Waals surface area contributed by atoms with Gasteiger partial charge in [-0.1, -0.05) is 18.2 Å². The van der Waals surface area contributed by atoms with Gasteiger partial charge in [-0.2, -0.15) is 0 Å². The Hall–Kier alpha value is -2.32. The summed E-state index contributed by atoms with van der Waals surface area (Å²) < 4.78 is 13.2. The summed E-state index contributed by atoms with van der Waals surface area (Å²) in [6, 6.07) is 14.7. The van der Waals surface area contributed by atoms with Crippen molar-refractivity contribution < 1.29 is 14.3 Å². The van der Waals surface area contributed by atoms with Gasteiger partial charge in [-0.15, -0.1) is 11.3 Å². The lowest BCUT2D eigenvalue weighted by Crippen LogP contribution is -2.42. The van der Waals surface area contributed by atoms with Crippen LogP contribution in [0.25, 0.3) is 10.1 Å². The van der Waals surface area contributed by atoms with Gasteiger partial charge in [0.05, 0.1) is 19.3 Å². The average molecular weight is 466 g/mol. The number of thiophene rings is 1. The third-order valence-electron chi connectivity index (χ3n) is 6.51. The van der Waals surface area contributed by atoms with Crippen molar-refractivity contribution in [2.75, 3.05) is 39.4 Å². The van der Waals surface area contributed by atoms with Gasteiger partial charge < -0.3 is 14.4 Å². The molecule has 2 saturated heterocycles. The number of hydrogen-bond acceptors (Lipinski definition) is 6. The first-order valence-corrected chi connectivity index (χ1v) is 12.6. The summed E-state index contributed by atoms with van der Waals surface area (Å²) in [7, 11) is 0. The quantitative estimate of drug-likeness (QED) is 0.529. The summed E-state index contributed by atoms with van der Waals surface area (Å²) in [6.07, 6.45) is 5.61. The van der Waals surface area contributed by atoms with Crippen LogP contribution in [0, 0.1) is 5.92 Å². The number of pyridine rings is 1. The van der Waals surface area contributed by atoms with E-state index in [0.717, 1.165) is 51.3 Å². The molecule has 2 aliphatic rings. The zero-order valence-corrected chi connectivity index (χ0v) is 19.7. The summed E-state index contributed by atoms with van der Waals surface area (Å²) in [5.41, 5.74) is 1.10. The highest BCUT2D eigenvalue weighted by molar-refractivity contribution is 7.19. The number of fused-ring (bicyclic) bond motifs is 1. The molecule has 7 heteroatoms. The van der Waals surface area contributed by atoms with Crippen LogP contribution in [0.5, 0.6) is 0 Å². The van der Waals surface area contributed by atoms with E-state index in [2.05, 4.69) is 40.2 Å². The average Bonchev–Trinajstić information content (AvgIpc) is 3.19. The van der Waals surface area contributed by atoms with Gasteiger partial charge in [0.1, 0.15) is 0 Å². The molecule has 1 amide bonds. The zero-order chi connectivity index (χ0) is 22.5. The summed E-state index contributed by atoms with van der Waals surface area (Å²) in [4.78, 5) is 23.0. The summed E-state index contributed by atoms with van der Waals surface area (Å²) in [5, 5.41) is 1.27. The van der Waals surface area contributed by atoms with Gasteiger partial charge in [0.25, 0.3) is 0 Å². The molecule has 0 radical (unpaired) electrons. The smallest absolute Gasteiger partial charge is 0.236 e. The molecule has 0 bridgehead atoms. The fourth-order valence-corrected chi connectivity index (χ4v) is 5.83. The fourth-order valence-electron chi connectivity index (χ4n) is 4.72. The van der Waals surface area contributed by atoms with Gasteiger partial charge in [0, 0.05) is 61.4 Å². The molecular formula is C26H31N3O3S.